The molecule has 2 aromatic carbocycles. The number of benzene rings is 2. The van der Waals surface area contributed by atoms with E-state index in [1.807, 2.05) is 59.3 Å². The Morgan fingerprint density at radius 3 is 2.55 bits per heavy atom. The summed E-state index contributed by atoms with van der Waals surface area (Å²) in [5.74, 6) is -0.490. The van der Waals surface area contributed by atoms with Crippen molar-refractivity contribution in [2.45, 2.75) is 19.9 Å². The molecule has 0 spiro atoms. The molecule has 10 nitrogen and oxygen atoms in total. The highest BCUT2D eigenvalue weighted by atomic mass is 16.5. The number of pyridine rings is 1. The van der Waals surface area contributed by atoms with E-state index >= 15 is 0 Å². The van der Waals surface area contributed by atoms with Crippen LogP contribution < -0.4 is 10.2 Å². The summed E-state index contributed by atoms with van der Waals surface area (Å²) in [5, 5.41) is 6.82. The van der Waals surface area contributed by atoms with E-state index in [0.29, 0.717) is 30.9 Å². The van der Waals surface area contributed by atoms with Crippen LogP contribution in [0.4, 0.5) is 11.6 Å². The predicted molar refractivity (Wildman–Crippen MR) is 158 cm³/mol. The van der Waals surface area contributed by atoms with E-state index in [2.05, 4.69) is 32.5 Å². The van der Waals surface area contributed by atoms with E-state index in [0.717, 1.165) is 41.1 Å². The first-order valence-electron chi connectivity index (χ1n) is 13.7. The van der Waals surface area contributed by atoms with Crippen LogP contribution in [0.2, 0.25) is 0 Å². The van der Waals surface area contributed by atoms with Crippen LogP contribution in [0.3, 0.4) is 0 Å². The van der Waals surface area contributed by atoms with Gasteiger partial charge in [-0.2, -0.15) is 0 Å². The summed E-state index contributed by atoms with van der Waals surface area (Å²) in [5.41, 5.74) is 4.15. The Bertz CT molecular complexity index is 1770. The largest absolute Gasteiger partial charge is 0.378 e. The Kier molecular flexibility index (Phi) is 7.61. The Hall–Kier alpha value is -5.09. The molecule has 1 N–H and O–H groups in total. The first kappa shape index (κ1) is 27.1. The zero-order valence-electron chi connectivity index (χ0n) is 23.1. The number of carbonyl (C=O) groups is 3. The molecule has 3 aromatic heterocycles. The summed E-state index contributed by atoms with van der Waals surface area (Å²) in [6, 6.07) is 21.2. The van der Waals surface area contributed by atoms with Gasteiger partial charge in [-0.05, 0) is 42.3 Å². The van der Waals surface area contributed by atoms with Crippen molar-refractivity contribution in [3.05, 3.63) is 96.0 Å². The van der Waals surface area contributed by atoms with Gasteiger partial charge in [-0.1, -0.05) is 41.6 Å². The Labute approximate surface area is 241 Å². The van der Waals surface area contributed by atoms with Crippen molar-refractivity contribution in [3.8, 4) is 11.1 Å². The number of rotatable bonds is 9. The highest BCUT2D eigenvalue weighted by Gasteiger charge is 2.24. The molecule has 5 aromatic rings. The third-order valence-electron chi connectivity index (χ3n) is 7.20. The summed E-state index contributed by atoms with van der Waals surface area (Å²) in [4.78, 5) is 45.2. The van der Waals surface area contributed by atoms with Gasteiger partial charge in [0.15, 0.2) is 5.82 Å². The van der Waals surface area contributed by atoms with Crippen LogP contribution in [0.5, 0.6) is 0 Å². The van der Waals surface area contributed by atoms with Crippen molar-refractivity contribution < 1.29 is 23.6 Å². The van der Waals surface area contributed by atoms with Crippen LogP contribution in [-0.2, 0) is 20.9 Å². The maximum atomic E-state index is 13.2. The monoisotopic (exact) mass is 563 g/mol. The van der Waals surface area contributed by atoms with Crippen LogP contribution in [0.15, 0.2) is 83.6 Å². The number of Topliss-reactive ketones (excluding diaryl/α,β-unsaturated/α-hetero) is 2. The third kappa shape index (κ3) is 5.84. The summed E-state index contributed by atoms with van der Waals surface area (Å²) < 4.78 is 12.3. The van der Waals surface area contributed by atoms with Crippen LogP contribution in [-0.4, -0.2) is 58.5 Å². The van der Waals surface area contributed by atoms with Crippen molar-refractivity contribution in [1.29, 1.82) is 0 Å². The van der Waals surface area contributed by atoms with Crippen LogP contribution in [0.25, 0.3) is 22.0 Å². The first-order valence-corrected chi connectivity index (χ1v) is 13.7. The van der Waals surface area contributed by atoms with Gasteiger partial charge in [-0.3, -0.25) is 14.4 Å². The third-order valence-corrected chi connectivity index (χ3v) is 7.20. The minimum atomic E-state index is -0.800. The molecule has 6 rings (SSSR count). The lowest BCUT2D eigenvalue weighted by atomic mass is 10.0. The molecule has 0 unspecified atom stereocenters. The standard InChI is InChI=1S/C32H29N5O5/c1-21-15-29(35-42-21)34-31(39)17-28(38)32(40)26-20-37(27-8-3-2-7-25(26)27)19-22-5-4-6-23(16-22)24-9-10-30(33-18-24)36-11-13-41-14-12-36/h2-10,15-16,18,20H,11-14,17,19H2,1H3,(H,34,35,39). The average molecular weight is 564 g/mol. The number of nitrogens with zero attached hydrogens (tertiary/aromatic N) is 4. The molecule has 212 valence electrons. The molecule has 1 amide bonds. The lowest BCUT2D eigenvalue weighted by molar-refractivity contribution is -0.123. The number of hydrogen-bond donors (Lipinski definition) is 1. The Morgan fingerprint density at radius 1 is 0.952 bits per heavy atom. The number of ether oxygens (including phenoxy) is 1. The van der Waals surface area contributed by atoms with E-state index in [-0.39, 0.29) is 11.4 Å². The Balaban J connectivity index is 1.19. The van der Waals surface area contributed by atoms with Crippen LogP contribution in [0.1, 0.15) is 28.1 Å². The van der Waals surface area contributed by atoms with Crippen LogP contribution in [0, 0.1) is 6.92 Å². The number of anilines is 2. The fourth-order valence-corrected chi connectivity index (χ4v) is 5.13. The molecule has 0 bridgehead atoms. The number of carbonyl (C=O) groups excluding carboxylic acids is 3. The number of morpholine rings is 1. The van der Waals surface area contributed by atoms with Gasteiger partial charge in [0.05, 0.1) is 25.2 Å². The summed E-state index contributed by atoms with van der Waals surface area (Å²) >= 11 is 0. The fraction of sp³-hybridized carbons (Fsp3) is 0.219. The molecule has 1 saturated heterocycles. The zero-order valence-corrected chi connectivity index (χ0v) is 23.1. The van der Waals surface area contributed by atoms with Crippen molar-refractivity contribution >= 4 is 40.0 Å². The highest BCUT2D eigenvalue weighted by molar-refractivity contribution is 6.48. The van der Waals surface area contributed by atoms with Gasteiger partial charge in [0.1, 0.15) is 11.6 Å². The fourth-order valence-electron chi connectivity index (χ4n) is 5.13. The first-order chi connectivity index (χ1) is 20.4. The molecule has 0 atom stereocenters. The van der Waals surface area contributed by atoms with E-state index in [9.17, 15) is 14.4 Å². The van der Waals surface area contributed by atoms with Gasteiger partial charge in [0.25, 0.3) is 0 Å². The molecule has 42 heavy (non-hydrogen) atoms. The zero-order chi connectivity index (χ0) is 29.1. The van der Waals surface area contributed by atoms with Crippen molar-refractivity contribution in [2.75, 3.05) is 36.5 Å². The SMILES string of the molecule is Cc1cc(NC(=O)CC(=O)C(=O)c2cn(Cc3cccc(-c4ccc(N5CCOCC5)nc4)c3)c3ccccc23)no1. The second kappa shape index (κ2) is 11.8. The van der Waals surface area contributed by atoms with Gasteiger partial charge in [0, 0.05) is 54.6 Å². The maximum absolute atomic E-state index is 13.2. The van der Waals surface area contributed by atoms with Gasteiger partial charge in [0.2, 0.25) is 17.5 Å². The normalized spacial score (nSPS) is 13.3. The predicted octanol–water partition coefficient (Wildman–Crippen LogP) is 4.67. The highest BCUT2D eigenvalue weighted by Crippen LogP contribution is 2.26. The summed E-state index contributed by atoms with van der Waals surface area (Å²) in [6.45, 7) is 5.25. The van der Waals surface area contributed by atoms with E-state index in [1.54, 1.807) is 13.1 Å². The molecule has 1 aliphatic heterocycles. The number of aryl methyl sites for hydroxylation is 1. The number of aromatic nitrogens is 3. The number of nitrogens with one attached hydrogen (secondary N) is 1. The minimum absolute atomic E-state index is 0.195. The smallest absolute Gasteiger partial charge is 0.233 e. The number of para-hydroxylation sites is 1. The lowest BCUT2D eigenvalue weighted by Crippen LogP contribution is -2.36. The quantitative estimate of drug-likeness (QED) is 0.156. The molecule has 1 fully saturated rings. The number of amides is 1. The van der Waals surface area contributed by atoms with Gasteiger partial charge in [-0.15, -0.1) is 0 Å². The topological polar surface area (TPSA) is 120 Å². The second-order valence-electron chi connectivity index (χ2n) is 10.2. The lowest BCUT2D eigenvalue weighted by Gasteiger charge is -2.27. The molecular formula is C32H29N5O5. The summed E-state index contributed by atoms with van der Waals surface area (Å²) in [7, 11) is 0. The molecular weight excluding hydrogens is 534 g/mol. The van der Waals surface area contributed by atoms with Gasteiger partial charge < -0.3 is 24.0 Å². The summed E-state index contributed by atoms with van der Waals surface area (Å²) in [6.07, 6.45) is 2.98. The van der Waals surface area contributed by atoms with E-state index < -0.39 is 23.9 Å². The molecule has 1 aliphatic rings. The van der Waals surface area contributed by atoms with Crippen molar-refractivity contribution in [3.63, 3.8) is 0 Å². The molecule has 0 aliphatic carbocycles. The van der Waals surface area contributed by atoms with Crippen molar-refractivity contribution in [1.82, 2.24) is 14.7 Å². The number of fused-ring (bicyclic) bond motifs is 1. The molecule has 10 heteroatoms. The van der Waals surface area contributed by atoms with Gasteiger partial charge >= 0.3 is 0 Å². The van der Waals surface area contributed by atoms with E-state index in [4.69, 9.17) is 9.26 Å². The van der Waals surface area contributed by atoms with Crippen LogP contribution >= 0.6 is 0 Å². The van der Waals surface area contributed by atoms with Gasteiger partial charge in [-0.25, -0.2) is 4.98 Å². The van der Waals surface area contributed by atoms with E-state index in [1.165, 1.54) is 6.07 Å². The maximum Gasteiger partial charge on any atom is 0.233 e. The Morgan fingerprint density at radius 2 is 1.79 bits per heavy atom. The number of hydrogen-bond acceptors (Lipinski definition) is 8. The molecule has 0 radical (unpaired) electrons. The molecule has 4 heterocycles. The minimum Gasteiger partial charge on any atom is -0.378 e. The number of ketones is 2. The average Bonchev–Trinajstić information content (AvgIpc) is 3.60. The molecule has 0 saturated carbocycles. The van der Waals surface area contributed by atoms with Crippen molar-refractivity contribution in [2.24, 2.45) is 0 Å². The second-order valence-corrected chi connectivity index (χ2v) is 10.2.